The molecule has 0 aliphatic heterocycles. The minimum atomic E-state index is 0. The fourth-order valence-electron chi connectivity index (χ4n) is 0. The van der Waals surface area contributed by atoms with Crippen LogP contribution < -0.4 is 0 Å². The van der Waals surface area contributed by atoms with Gasteiger partial charge in [-0.3, -0.25) is 0 Å². The van der Waals surface area contributed by atoms with Gasteiger partial charge in [0, 0.05) is 0 Å². The van der Waals surface area contributed by atoms with Gasteiger partial charge >= 0.3 is 0 Å². The fraction of sp³-hybridized carbons (Fsp3) is 0.600. The summed E-state index contributed by atoms with van der Waals surface area (Å²) in [6, 6.07) is 0. The first-order valence-corrected chi connectivity index (χ1v) is 1.97. The van der Waals surface area contributed by atoms with Crippen LogP contribution in [0.1, 0.15) is 43.6 Å². The van der Waals surface area contributed by atoms with Gasteiger partial charge in [0.1, 0.15) is 0 Å². The number of hydrogen-bond donors (Lipinski definition) is 0. The van der Waals surface area contributed by atoms with Crippen LogP contribution in [0.4, 0.5) is 0 Å². The molecule has 1 heteroatoms. The topological polar surface area (TPSA) is 0 Å². The highest BCUT2D eigenvalue weighted by atomic mass is 35.5. The quantitative estimate of drug-likeness (QED) is 0.446. The third-order valence-corrected chi connectivity index (χ3v) is 0. The second-order valence-electron chi connectivity index (χ2n) is 0.816. The summed E-state index contributed by atoms with van der Waals surface area (Å²) < 4.78 is 0. The molecule has 0 saturated heterocycles. The van der Waals surface area contributed by atoms with Crippen molar-refractivity contribution in [2.45, 2.75) is 43.6 Å². The summed E-state index contributed by atoms with van der Waals surface area (Å²) in [4.78, 5) is 0. The number of hydrogen-bond acceptors (Lipinski definition) is 0. The van der Waals surface area contributed by atoms with Crippen molar-refractivity contribution in [1.29, 1.82) is 0 Å². The second kappa shape index (κ2) is 240. The summed E-state index contributed by atoms with van der Waals surface area (Å²) >= 11 is 0. The molecule has 0 saturated carbocycles. The van der Waals surface area contributed by atoms with Crippen molar-refractivity contribution >= 4 is 12.4 Å². The average Bonchev–Trinajstić information content (AvgIpc) is 1.39. The molecule has 0 fully saturated rings. The molecule has 11 heavy (non-hydrogen) atoms. The van der Waals surface area contributed by atoms with Crippen LogP contribution in [0.3, 0.4) is 0 Å². The largest absolute Gasteiger partial charge is 0.147 e. The normalized spacial score (nSPS) is 2.36. The van der Waals surface area contributed by atoms with Crippen molar-refractivity contribution in [2.75, 3.05) is 0 Å². The fourth-order valence-corrected chi connectivity index (χ4v) is 0. The standard InChI is InChI=1S/2C3H6.4CH4.ClH/c2*1-3-2;;;;;/h2*3H,1H2,2H3;4*1H4;1H. The molecule has 0 amide bonds. The minimum absolute atomic E-state index is 0. The third-order valence-electron chi connectivity index (χ3n) is 0. The van der Waals surface area contributed by atoms with Crippen LogP contribution in [0.2, 0.25) is 0 Å². The highest BCUT2D eigenvalue weighted by Gasteiger charge is 1.15. The zero-order valence-corrected chi connectivity index (χ0v) is 5.79. The molecule has 0 aliphatic carbocycles. The van der Waals surface area contributed by atoms with Gasteiger partial charge in [-0.1, -0.05) is 41.9 Å². The van der Waals surface area contributed by atoms with Crippen molar-refractivity contribution in [2.24, 2.45) is 0 Å². The van der Waals surface area contributed by atoms with E-state index in [1.165, 1.54) is 0 Å². The molecule has 0 radical (unpaired) electrons. The Hall–Kier alpha value is -0.230. The van der Waals surface area contributed by atoms with Gasteiger partial charge in [0.15, 0.2) is 0 Å². The summed E-state index contributed by atoms with van der Waals surface area (Å²) in [5.74, 6) is 0. The molecular formula is C10H29Cl. The maximum Gasteiger partial charge on any atom is -0.0473 e. The van der Waals surface area contributed by atoms with E-state index in [0.29, 0.717) is 0 Å². The number of allylic oxidation sites excluding steroid dienone is 2. The van der Waals surface area contributed by atoms with Crippen LogP contribution in [-0.4, -0.2) is 0 Å². The molecule has 0 bridgehead atoms. The second-order valence-corrected chi connectivity index (χ2v) is 0.816. The van der Waals surface area contributed by atoms with Crippen molar-refractivity contribution in [1.82, 2.24) is 0 Å². The Morgan fingerprint density at radius 3 is 0.727 bits per heavy atom. The first kappa shape index (κ1) is 72.3. The van der Waals surface area contributed by atoms with E-state index in [4.69, 9.17) is 0 Å². The van der Waals surface area contributed by atoms with Gasteiger partial charge in [-0.25, -0.2) is 0 Å². The maximum absolute atomic E-state index is 3.36. The van der Waals surface area contributed by atoms with E-state index < -0.39 is 0 Å². The summed E-state index contributed by atoms with van der Waals surface area (Å²) in [6.07, 6.45) is 3.50. The molecular weight excluding hydrogens is 156 g/mol. The zero-order valence-electron chi connectivity index (χ0n) is 4.98. The van der Waals surface area contributed by atoms with E-state index in [9.17, 15) is 0 Å². The zero-order chi connectivity index (χ0) is 5.41. The molecule has 0 aromatic heterocycles. The predicted octanol–water partition coefficient (Wildman–Crippen LogP) is 5.35. The number of rotatable bonds is 0. The van der Waals surface area contributed by atoms with Crippen molar-refractivity contribution in [3.05, 3.63) is 25.3 Å². The third kappa shape index (κ3) is 11200. The van der Waals surface area contributed by atoms with Crippen molar-refractivity contribution in [3.63, 3.8) is 0 Å². The number of halogens is 1. The van der Waals surface area contributed by atoms with Gasteiger partial charge in [0.05, 0.1) is 0 Å². The minimum Gasteiger partial charge on any atom is -0.147 e. The maximum atomic E-state index is 3.36. The lowest BCUT2D eigenvalue weighted by Crippen LogP contribution is -1.07. The lowest BCUT2D eigenvalue weighted by Gasteiger charge is -1.31. The Balaban J connectivity index is -0.00000000400. The van der Waals surface area contributed by atoms with Gasteiger partial charge in [0.2, 0.25) is 0 Å². The molecule has 0 aromatic rings. The molecule has 0 heterocycles. The first-order valence-electron chi connectivity index (χ1n) is 1.97. The highest BCUT2D eigenvalue weighted by Crippen LogP contribution is 1.38. The van der Waals surface area contributed by atoms with E-state index in [1.54, 1.807) is 12.2 Å². The van der Waals surface area contributed by atoms with Crippen LogP contribution >= 0.6 is 12.4 Å². The monoisotopic (exact) mass is 184 g/mol. The SMILES string of the molecule is C.C.C.C.C=CC.C=CC.Cl. The van der Waals surface area contributed by atoms with Crippen molar-refractivity contribution < 1.29 is 0 Å². The summed E-state index contributed by atoms with van der Waals surface area (Å²) in [6.45, 7) is 10.5. The molecule has 0 spiro atoms. The molecule has 0 N–H and O–H groups in total. The Kier molecular flexibility index (Phi) is 1580. The first-order chi connectivity index (χ1) is 2.83. The summed E-state index contributed by atoms with van der Waals surface area (Å²) in [5.41, 5.74) is 0. The lowest BCUT2D eigenvalue weighted by atomic mass is 10.8. The molecule has 0 aliphatic rings. The lowest BCUT2D eigenvalue weighted by molar-refractivity contribution is 1.80. The highest BCUT2D eigenvalue weighted by molar-refractivity contribution is 5.85. The summed E-state index contributed by atoms with van der Waals surface area (Å²) in [7, 11) is 0. The molecule has 0 aromatic carbocycles. The Morgan fingerprint density at radius 1 is 0.727 bits per heavy atom. The van der Waals surface area contributed by atoms with E-state index in [0.717, 1.165) is 0 Å². The molecule has 0 atom stereocenters. The predicted molar refractivity (Wildman–Crippen MR) is 65.9 cm³/mol. The molecule has 0 nitrogen and oxygen atoms in total. The van der Waals surface area contributed by atoms with Crippen LogP contribution in [0.15, 0.2) is 25.3 Å². The van der Waals surface area contributed by atoms with Gasteiger partial charge in [-0.05, 0) is 13.8 Å². The molecule has 0 rings (SSSR count). The van der Waals surface area contributed by atoms with E-state index in [1.807, 2.05) is 13.8 Å². The smallest absolute Gasteiger partial charge is 0.0473 e. The molecule has 76 valence electrons. The summed E-state index contributed by atoms with van der Waals surface area (Å²) in [5, 5.41) is 0. The van der Waals surface area contributed by atoms with Crippen molar-refractivity contribution in [3.8, 4) is 0 Å². The van der Waals surface area contributed by atoms with E-state index in [-0.39, 0.29) is 42.1 Å². The average molecular weight is 185 g/mol. The van der Waals surface area contributed by atoms with E-state index in [2.05, 4.69) is 13.2 Å². The van der Waals surface area contributed by atoms with Gasteiger partial charge < -0.3 is 0 Å². The van der Waals surface area contributed by atoms with Gasteiger partial charge in [-0.15, -0.1) is 25.6 Å². The van der Waals surface area contributed by atoms with Crippen LogP contribution in [0.5, 0.6) is 0 Å². The van der Waals surface area contributed by atoms with E-state index >= 15 is 0 Å². The van der Waals surface area contributed by atoms with Gasteiger partial charge in [-0.2, -0.15) is 0 Å². The van der Waals surface area contributed by atoms with Crippen LogP contribution in [-0.2, 0) is 0 Å². The Labute approximate surface area is 81.8 Å². The van der Waals surface area contributed by atoms with Crippen LogP contribution in [0, 0.1) is 0 Å². The Morgan fingerprint density at radius 2 is 0.727 bits per heavy atom. The molecule has 0 unspecified atom stereocenters. The van der Waals surface area contributed by atoms with Gasteiger partial charge in [0.25, 0.3) is 0 Å². The Bertz CT molecular complexity index is 25.9. The van der Waals surface area contributed by atoms with Crippen LogP contribution in [0.25, 0.3) is 0 Å².